The van der Waals surface area contributed by atoms with E-state index in [0.717, 1.165) is 0 Å². The molecule has 0 amide bonds. The molecule has 0 bridgehead atoms. The normalized spacial score (nSPS) is 14.7. The van der Waals surface area contributed by atoms with Gasteiger partial charge in [0.25, 0.3) is 0 Å². The summed E-state index contributed by atoms with van der Waals surface area (Å²) in [6, 6.07) is 0. The molecule has 62 valence electrons. The highest BCUT2D eigenvalue weighted by Gasteiger charge is 2.16. The maximum atomic E-state index is 8.59. The maximum absolute atomic E-state index is 8.59. The second kappa shape index (κ2) is 4.62. The van der Waals surface area contributed by atoms with E-state index in [0.29, 0.717) is 6.42 Å². The van der Waals surface area contributed by atoms with Gasteiger partial charge in [-0.2, -0.15) is 0 Å². The molecule has 0 aromatic carbocycles. The third kappa shape index (κ3) is 3.79. The fourth-order valence-electron chi connectivity index (χ4n) is 0.770. The Morgan fingerprint density at radius 2 is 1.60 bits per heavy atom. The van der Waals surface area contributed by atoms with E-state index in [9.17, 15) is 0 Å². The summed E-state index contributed by atoms with van der Waals surface area (Å²) in [4.78, 5) is 0. The first-order valence-corrected chi connectivity index (χ1v) is 3.30. The first kappa shape index (κ1) is 9.84. The molecule has 0 rings (SSSR count). The van der Waals surface area contributed by atoms with Crippen LogP contribution in [0, 0.1) is 5.92 Å². The van der Waals surface area contributed by atoms with Crippen molar-refractivity contribution in [3.63, 3.8) is 0 Å². The summed E-state index contributed by atoms with van der Waals surface area (Å²) in [5, 5.41) is 34.1. The summed E-state index contributed by atoms with van der Waals surface area (Å²) in [6.45, 7) is 1.76. The van der Waals surface area contributed by atoms with Crippen molar-refractivity contribution in [3.05, 3.63) is 0 Å². The zero-order chi connectivity index (χ0) is 8.15. The molecule has 4 N–H and O–H groups in total. The Balaban J connectivity index is 3.60. The highest BCUT2D eigenvalue weighted by molar-refractivity contribution is 4.58. The van der Waals surface area contributed by atoms with E-state index < -0.39 is 18.5 Å². The first-order valence-electron chi connectivity index (χ1n) is 3.30. The predicted molar refractivity (Wildman–Crippen MR) is 34.8 cm³/mol. The minimum atomic E-state index is -1.45. The van der Waals surface area contributed by atoms with E-state index >= 15 is 0 Å². The van der Waals surface area contributed by atoms with Crippen LogP contribution < -0.4 is 0 Å². The lowest BCUT2D eigenvalue weighted by Gasteiger charge is -2.17. The number of rotatable bonds is 4. The zero-order valence-electron chi connectivity index (χ0n) is 5.94. The van der Waals surface area contributed by atoms with Gasteiger partial charge in [-0.25, -0.2) is 0 Å². The Bertz CT molecular complexity index is 81.8. The van der Waals surface area contributed by atoms with E-state index in [2.05, 4.69) is 0 Å². The van der Waals surface area contributed by atoms with E-state index in [4.69, 9.17) is 20.4 Å². The largest absolute Gasteiger partial charge is 0.368 e. The fourth-order valence-corrected chi connectivity index (χ4v) is 0.770. The topological polar surface area (TPSA) is 80.9 Å². The van der Waals surface area contributed by atoms with E-state index in [1.807, 2.05) is 0 Å². The van der Waals surface area contributed by atoms with Crippen molar-refractivity contribution in [1.82, 2.24) is 0 Å². The fraction of sp³-hybridized carbons (Fsp3) is 1.00. The van der Waals surface area contributed by atoms with Gasteiger partial charge in [0.15, 0.2) is 12.6 Å². The van der Waals surface area contributed by atoms with Gasteiger partial charge in [0.05, 0.1) is 0 Å². The number of hydrogen-bond donors (Lipinski definition) is 4. The van der Waals surface area contributed by atoms with Crippen LogP contribution in [0.1, 0.15) is 19.8 Å². The van der Waals surface area contributed by atoms with Gasteiger partial charge in [0, 0.05) is 12.3 Å². The molecule has 0 aliphatic carbocycles. The minimum absolute atomic E-state index is 0.00810. The van der Waals surface area contributed by atoms with Crippen LogP contribution in [0.5, 0.6) is 0 Å². The molecule has 0 heterocycles. The lowest BCUT2D eigenvalue weighted by molar-refractivity contribution is -0.124. The summed E-state index contributed by atoms with van der Waals surface area (Å²) < 4.78 is 0. The van der Waals surface area contributed by atoms with Crippen LogP contribution in [0.4, 0.5) is 0 Å². The molecular formula is C6H14O4. The molecule has 0 saturated carbocycles. The van der Waals surface area contributed by atoms with Gasteiger partial charge in [-0.1, -0.05) is 6.92 Å². The molecule has 1 unspecified atom stereocenters. The Hall–Kier alpha value is -0.160. The van der Waals surface area contributed by atoms with Crippen LogP contribution in [0.25, 0.3) is 0 Å². The van der Waals surface area contributed by atoms with Crippen molar-refractivity contribution in [1.29, 1.82) is 0 Å². The highest BCUT2D eigenvalue weighted by Crippen LogP contribution is 2.12. The van der Waals surface area contributed by atoms with Crippen molar-refractivity contribution in [2.75, 3.05) is 0 Å². The molecule has 0 aliphatic heterocycles. The van der Waals surface area contributed by atoms with Crippen molar-refractivity contribution >= 4 is 0 Å². The molecule has 0 aliphatic rings. The SMILES string of the molecule is CCC(CC(O)O)C(O)O. The average molecular weight is 150 g/mol. The van der Waals surface area contributed by atoms with E-state index in [-0.39, 0.29) is 6.42 Å². The quantitative estimate of drug-likeness (QED) is 0.388. The van der Waals surface area contributed by atoms with Gasteiger partial charge in [0.2, 0.25) is 0 Å². The monoisotopic (exact) mass is 150 g/mol. The van der Waals surface area contributed by atoms with Crippen LogP contribution >= 0.6 is 0 Å². The van der Waals surface area contributed by atoms with Crippen LogP contribution in [-0.2, 0) is 0 Å². The molecule has 4 nitrogen and oxygen atoms in total. The third-order valence-electron chi connectivity index (χ3n) is 1.46. The van der Waals surface area contributed by atoms with Gasteiger partial charge < -0.3 is 20.4 Å². The molecule has 0 spiro atoms. The lowest BCUT2D eigenvalue weighted by atomic mass is 10.0. The van der Waals surface area contributed by atoms with Crippen molar-refractivity contribution in [3.8, 4) is 0 Å². The van der Waals surface area contributed by atoms with Gasteiger partial charge in [0.1, 0.15) is 0 Å². The Kier molecular flexibility index (Phi) is 4.55. The number of hydrogen-bond acceptors (Lipinski definition) is 4. The van der Waals surface area contributed by atoms with E-state index in [1.54, 1.807) is 6.92 Å². The molecule has 0 saturated heterocycles. The van der Waals surface area contributed by atoms with Gasteiger partial charge >= 0.3 is 0 Å². The average Bonchev–Trinajstić information content (AvgIpc) is 1.81. The first-order chi connectivity index (χ1) is 4.57. The minimum Gasteiger partial charge on any atom is -0.368 e. The standard InChI is InChI=1S/C6H14O4/c1-2-4(6(9)10)3-5(7)8/h4-10H,2-3H2,1H3. The van der Waals surface area contributed by atoms with Crippen LogP contribution in [0.15, 0.2) is 0 Å². The van der Waals surface area contributed by atoms with Crippen molar-refractivity contribution in [2.45, 2.75) is 32.3 Å². The number of aliphatic hydroxyl groups is 4. The predicted octanol–water partition coefficient (Wildman–Crippen LogP) is -0.976. The molecular weight excluding hydrogens is 136 g/mol. The summed E-state index contributed by atoms with van der Waals surface area (Å²) in [5.74, 6) is -0.444. The molecule has 0 aromatic rings. The van der Waals surface area contributed by atoms with Crippen LogP contribution in [0.2, 0.25) is 0 Å². The second-order valence-corrected chi connectivity index (χ2v) is 2.30. The third-order valence-corrected chi connectivity index (χ3v) is 1.46. The molecule has 1 atom stereocenters. The Labute approximate surface area is 59.7 Å². The Morgan fingerprint density at radius 3 is 1.70 bits per heavy atom. The van der Waals surface area contributed by atoms with Crippen LogP contribution in [-0.4, -0.2) is 33.0 Å². The molecule has 0 aromatic heterocycles. The molecule has 0 fully saturated rings. The smallest absolute Gasteiger partial charge is 0.154 e. The number of aliphatic hydroxyl groups excluding tert-OH is 2. The van der Waals surface area contributed by atoms with Gasteiger partial charge in [-0.3, -0.25) is 0 Å². The van der Waals surface area contributed by atoms with Crippen LogP contribution in [0.3, 0.4) is 0 Å². The summed E-state index contributed by atoms with van der Waals surface area (Å²) in [7, 11) is 0. The summed E-state index contributed by atoms with van der Waals surface area (Å²) in [5.41, 5.74) is 0. The molecule has 10 heavy (non-hydrogen) atoms. The second-order valence-electron chi connectivity index (χ2n) is 2.30. The molecule has 4 heteroatoms. The zero-order valence-corrected chi connectivity index (χ0v) is 5.94. The summed E-state index contributed by atoms with van der Waals surface area (Å²) >= 11 is 0. The lowest BCUT2D eigenvalue weighted by Crippen LogP contribution is -2.23. The Morgan fingerprint density at radius 1 is 1.10 bits per heavy atom. The highest BCUT2D eigenvalue weighted by atomic mass is 16.5. The van der Waals surface area contributed by atoms with Crippen molar-refractivity contribution < 1.29 is 20.4 Å². The summed E-state index contributed by atoms with van der Waals surface area (Å²) in [6.07, 6.45) is -2.37. The maximum Gasteiger partial charge on any atom is 0.154 e. The van der Waals surface area contributed by atoms with Crippen molar-refractivity contribution in [2.24, 2.45) is 5.92 Å². The molecule has 0 radical (unpaired) electrons. The van der Waals surface area contributed by atoms with E-state index in [1.165, 1.54) is 0 Å². The van der Waals surface area contributed by atoms with Gasteiger partial charge in [-0.15, -0.1) is 0 Å². The van der Waals surface area contributed by atoms with Gasteiger partial charge in [-0.05, 0) is 6.42 Å².